The fourth-order valence-corrected chi connectivity index (χ4v) is 3.68. The number of amides is 1. The van der Waals surface area contributed by atoms with Crippen LogP contribution in [0.5, 0.6) is 11.5 Å². The summed E-state index contributed by atoms with van der Waals surface area (Å²) in [4.78, 5) is 30.9. The van der Waals surface area contributed by atoms with Gasteiger partial charge in [-0.25, -0.2) is 9.79 Å². The Hall–Kier alpha value is -3.26. The predicted molar refractivity (Wildman–Crippen MR) is 117 cm³/mol. The quantitative estimate of drug-likeness (QED) is 0.550. The monoisotopic (exact) mass is 426 g/mol. The molecule has 156 valence electrons. The van der Waals surface area contributed by atoms with Crippen LogP contribution in [0.15, 0.2) is 52.4 Å². The number of amidine groups is 1. The fraction of sp³-hybridized carbons (Fsp3) is 0.227. The molecule has 1 aliphatic rings. The van der Waals surface area contributed by atoms with Gasteiger partial charge in [-0.3, -0.25) is 9.69 Å². The largest absolute Gasteiger partial charge is 0.504 e. The molecular weight excluding hydrogens is 404 g/mol. The molecule has 2 aromatic carbocycles. The Bertz CT molecular complexity index is 1010. The summed E-state index contributed by atoms with van der Waals surface area (Å²) in [5.74, 6) is -0.140. The maximum Gasteiger partial charge on any atom is 0.338 e. The maximum atomic E-state index is 12.6. The molecule has 1 fully saturated rings. The van der Waals surface area contributed by atoms with E-state index < -0.39 is 0 Å². The molecule has 30 heavy (non-hydrogen) atoms. The van der Waals surface area contributed by atoms with Crippen LogP contribution < -0.4 is 4.74 Å². The van der Waals surface area contributed by atoms with Crippen molar-refractivity contribution >= 4 is 40.6 Å². The number of likely N-dealkylation sites (N-methyl/N-ethyl adjacent to an activating group) is 1. The van der Waals surface area contributed by atoms with Crippen molar-refractivity contribution in [3.8, 4) is 11.5 Å². The van der Waals surface area contributed by atoms with Gasteiger partial charge in [0, 0.05) is 7.05 Å². The van der Waals surface area contributed by atoms with Crippen LogP contribution in [-0.4, -0.2) is 47.3 Å². The van der Waals surface area contributed by atoms with Crippen molar-refractivity contribution in [3.63, 3.8) is 0 Å². The number of ether oxygens (including phenoxy) is 2. The zero-order chi connectivity index (χ0) is 21.7. The van der Waals surface area contributed by atoms with Gasteiger partial charge < -0.3 is 14.6 Å². The zero-order valence-corrected chi connectivity index (χ0v) is 17.7. The maximum absolute atomic E-state index is 12.6. The van der Waals surface area contributed by atoms with Crippen LogP contribution in [0.1, 0.15) is 29.8 Å². The Labute approximate surface area is 179 Å². The first kappa shape index (κ1) is 21.4. The molecule has 1 aliphatic heterocycles. The molecule has 7 nitrogen and oxygen atoms in total. The highest BCUT2D eigenvalue weighted by atomic mass is 32.2. The molecule has 0 unspecified atom stereocenters. The topological polar surface area (TPSA) is 88.4 Å². The number of aliphatic imine (C=N–C) groups is 1. The minimum absolute atomic E-state index is 0.0510. The van der Waals surface area contributed by atoms with E-state index in [9.17, 15) is 14.7 Å². The summed E-state index contributed by atoms with van der Waals surface area (Å²) in [5.41, 5.74) is 1.80. The van der Waals surface area contributed by atoms with Crippen molar-refractivity contribution < 1.29 is 24.2 Å². The highest BCUT2D eigenvalue weighted by Gasteiger charge is 2.30. The SMILES string of the molecule is CCOC(=O)c1ccc(N=C2S/C(=C\c3ccc(O)c(OCC)c3)C(=O)N2C)cc1. The minimum atomic E-state index is -0.384. The molecule has 1 N–H and O–H groups in total. The van der Waals surface area contributed by atoms with Crippen molar-refractivity contribution in [3.05, 3.63) is 58.5 Å². The fourth-order valence-electron chi connectivity index (χ4n) is 2.69. The van der Waals surface area contributed by atoms with E-state index in [1.165, 1.54) is 22.7 Å². The molecule has 1 heterocycles. The second-order valence-electron chi connectivity index (χ2n) is 6.30. The van der Waals surface area contributed by atoms with Gasteiger partial charge in [-0.05, 0) is 73.6 Å². The van der Waals surface area contributed by atoms with Crippen LogP contribution >= 0.6 is 11.8 Å². The Morgan fingerprint density at radius 3 is 2.57 bits per heavy atom. The highest BCUT2D eigenvalue weighted by Crippen LogP contribution is 2.35. The first-order valence-corrected chi connectivity index (χ1v) is 10.2. The van der Waals surface area contributed by atoms with Gasteiger partial charge >= 0.3 is 5.97 Å². The van der Waals surface area contributed by atoms with E-state index in [4.69, 9.17) is 9.47 Å². The van der Waals surface area contributed by atoms with Gasteiger partial charge in [0.05, 0.1) is 29.4 Å². The number of esters is 1. The Balaban J connectivity index is 1.81. The van der Waals surface area contributed by atoms with Crippen LogP contribution in [-0.2, 0) is 9.53 Å². The molecule has 2 aromatic rings. The van der Waals surface area contributed by atoms with Crippen molar-refractivity contribution in [1.82, 2.24) is 4.90 Å². The third kappa shape index (κ3) is 4.83. The van der Waals surface area contributed by atoms with Gasteiger partial charge in [-0.1, -0.05) is 6.07 Å². The Kier molecular flexibility index (Phi) is 6.79. The van der Waals surface area contributed by atoms with Crippen LogP contribution in [0.4, 0.5) is 5.69 Å². The molecule has 0 radical (unpaired) electrons. The Morgan fingerprint density at radius 2 is 1.90 bits per heavy atom. The summed E-state index contributed by atoms with van der Waals surface area (Å²) < 4.78 is 10.4. The summed E-state index contributed by atoms with van der Waals surface area (Å²) in [6.07, 6.45) is 1.73. The zero-order valence-electron chi connectivity index (χ0n) is 16.9. The second kappa shape index (κ2) is 9.49. The molecule has 1 saturated heterocycles. The number of carbonyl (C=O) groups excluding carboxylic acids is 2. The molecule has 0 aliphatic carbocycles. The molecule has 0 aromatic heterocycles. The molecule has 0 atom stereocenters. The van der Waals surface area contributed by atoms with E-state index in [0.717, 1.165) is 5.56 Å². The number of benzene rings is 2. The number of thioether (sulfide) groups is 1. The first-order chi connectivity index (χ1) is 14.4. The van der Waals surface area contributed by atoms with Crippen molar-refractivity contribution in [2.24, 2.45) is 4.99 Å². The second-order valence-corrected chi connectivity index (χ2v) is 7.31. The van der Waals surface area contributed by atoms with Gasteiger partial charge in [0.15, 0.2) is 16.7 Å². The summed E-state index contributed by atoms with van der Waals surface area (Å²) in [6.45, 7) is 4.33. The van der Waals surface area contributed by atoms with Gasteiger partial charge in [-0.15, -0.1) is 0 Å². The number of rotatable bonds is 6. The minimum Gasteiger partial charge on any atom is -0.504 e. The molecule has 8 heteroatoms. The van der Waals surface area contributed by atoms with Crippen LogP contribution in [0.25, 0.3) is 6.08 Å². The lowest BCUT2D eigenvalue weighted by Crippen LogP contribution is -2.23. The highest BCUT2D eigenvalue weighted by molar-refractivity contribution is 8.18. The summed E-state index contributed by atoms with van der Waals surface area (Å²) in [5, 5.41) is 10.4. The number of hydrogen-bond acceptors (Lipinski definition) is 7. The lowest BCUT2D eigenvalue weighted by Gasteiger charge is -2.07. The number of aromatic hydroxyl groups is 1. The van der Waals surface area contributed by atoms with Gasteiger partial charge in [0.25, 0.3) is 5.91 Å². The van der Waals surface area contributed by atoms with Gasteiger partial charge in [-0.2, -0.15) is 0 Å². The van der Waals surface area contributed by atoms with Gasteiger partial charge in [0.1, 0.15) is 0 Å². The molecule has 0 saturated carbocycles. The van der Waals surface area contributed by atoms with E-state index in [0.29, 0.717) is 40.3 Å². The van der Waals surface area contributed by atoms with Crippen LogP contribution in [0.3, 0.4) is 0 Å². The number of carbonyl (C=O) groups is 2. The van der Waals surface area contributed by atoms with Crippen molar-refractivity contribution in [2.75, 3.05) is 20.3 Å². The lowest BCUT2D eigenvalue weighted by atomic mass is 10.2. The molecule has 0 spiro atoms. The van der Waals surface area contributed by atoms with E-state index in [1.54, 1.807) is 56.4 Å². The third-order valence-electron chi connectivity index (χ3n) is 4.19. The molecule has 3 rings (SSSR count). The number of phenolic OH excluding ortho intramolecular Hbond substituents is 1. The third-order valence-corrected chi connectivity index (χ3v) is 5.25. The number of nitrogens with zero attached hydrogens (tertiary/aromatic N) is 2. The summed E-state index contributed by atoms with van der Waals surface area (Å²) in [7, 11) is 1.66. The summed E-state index contributed by atoms with van der Waals surface area (Å²) in [6, 6.07) is 11.6. The lowest BCUT2D eigenvalue weighted by molar-refractivity contribution is -0.121. The van der Waals surface area contributed by atoms with E-state index in [-0.39, 0.29) is 17.6 Å². The number of phenols is 1. The summed E-state index contributed by atoms with van der Waals surface area (Å²) >= 11 is 1.25. The van der Waals surface area contributed by atoms with Gasteiger partial charge in [0.2, 0.25) is 0 Å². The molecule has 0 bridgehead atoms. The first-order valence-electron chi connectivity index (χ1n) is 9.42. The predicted octanol–water partition coefficient (Wildman–Crippen LogP) is 4.20. The molecular formula is C22H22N2O5S. The van der Waals surface area contributed by atoms with Crippen molar-refractivity contribution in [2.45, 2.75) is 13.8 Å². The van der Waals surface area contributed by atoms with Crippen LogP contribution in [0.2, 0.25) is 0 Å². The van der Waals surface area contributed by atoms with E-state index in [2.05, 4.69) is 4.99 Å². The van der Waals surface area contributed by atoms with Crippen LogP contribution in [0, 0.1) is 0 Å². The average molecular weight is 426 g/mol. The number of hydrogen-bond donors (Lipinski definition) is 1. The molecule has 1 amide bonds. The van der Waals surface area contributed by atoms with Crippen molar-refractivity contribution in [1.29, 1.82) is 0 Å². The standard InChI is InChI=1S/C22H22N2O5S/c1-4-28-18-12-14(6-11-17(18)25)13-19-20(26)24(3)22(30-19)23-16-9-7-15(8-10-16)21(27)29-5-2/h6-13,25H,4-5H2,1-3H3/b19-13-,23-22?. The average Bonchev–Trinajstić information content (AvgIpc) is 2.99. The Morgan fingerprint density at radius 1 is 1.17 bits per heavy atom. The van der Waals surface area contributed by atoms with E-state index in [1.807, 2.05) is 6.92 Å². The van der Waals surface area contributed by atoms with E-state index >= 15 is 0 Å². The smallest absolute Gasteiger partial charge is 0.338 e. The normalized spacial score (nSPS) is 16.4.